The van der Waals surface area contributed by atoms with Crippen LogP contribution in [0, 0.1) is 5.82 Å². The summed E-state index contributed by atoms with van der Waals surface area (Å²) in [4.78, 5) is 12.7. The Bertz CT molecular complexity index is 812. The van der Waals surface area contributed by atoms with Crippen LogP contribution >= 0.6 is 11.3 Å². The summed E-state index contributed by atoms with van der Waals surface area (Å²) < 4.78 is 18.4. The van der Waals surface area contributed by atoms with E-state index in [1.807, 2.05) is 17.5 Å². The Labute approximate surface area is 129 Å². The van der Waals surface area contributed by atoms with Crippen molar-refractivity contribution in [1.29, 1.82) is 0 Å². The van der Waals surface area contributed by atoms with E-state index in [9.17, 15) is 9.18 Å². The first-order chi connectivity index (χ1) is 10.7. The summed E-state index contributed by atoms with van der Waals surface area (Å²) >= 11 is 1.52. The zero-order valence-corrected chi connectivity index (χ0v) is 12.0. The molecule has 0 fully saturated rings. The van der Waals surface area contributed by atoms with Crippen LogP contribution in [0.15, 0.2) is 52.3 Å². The zero-order valence-electron chi connectivity index (χ0n) is 11.2. The van der Waals surface area contributed by atoms with Gasteiger partial charge in [-0.1, -0.05) is 17.2 Å². The van der Waals surface area contributed by atoms with Crippen LogP contribution in [0.25, 0.3) is 17.5 Å². The van der Waals surface area contributed by atoms with Crippen molar-refractivity contribution in [1.82, 2.24) is 10.2 Å². The molecule has 0 radical (unpaired) electrons. The van der Waals surface area contributed by atoms with Crippen molar-refractivity contribution in [2.45, 2.75) is 0 Å². The van der Waals surface area contributed by atoms with E-state index in [4.69, 9.17) is 4.42 Å². The Morgan fingerprint density at radius 3 is 2.95 bits per heavy atom. The van der Waals surface area contributed by atoms with Crippen molar-refractivity contribution in [3.05, 3.63) is 58.5 Å². The fourth-order valence-corrected chi connectivity index (χ4v) is 2.32. The average molecular weight is 315 g/mol. The summed E-state index contributed by atoms with van der Waals surface area (Å²) in [6.07, 6.45) is 3.06. The number of thiophene rings is 1. The first-order valence-electron chi connectivity index (χ1n) is 6.33. The van der Waals surface area contributed by atoms with Gasteiger partial charge in [-0.15, -0.1) is 16.4 Å². The molecule has 0 saturated carbocycles. The average Bonchev–Trinajstić information content (AvgIpc) is 3.16. The molecular formula is C15H10FN3O2S. The number of carbonyl (C=O) groups is 1. The number of nitrogens with zero attached hydrogens (tertiary/aromatic N) is 2. The number of rotatable bonds is 4. The highest BCUT2D eigenvalue weighted by Crippen LogP contribution is 2.20. The largest absolute Gasteiger partial charge is 0.403 e. The number of benzene rings is 1. The van der Waals surface area contributed by atoms with Crippen molar-refractivity contribution >= 4 is 29.3 Å². The van der Waals surface area contributed by atoms with Gasteiger partial charge in [-0.25, -0.2) is 4.39 Å². The molecule has 0 spiro atoms. The molecule has 2 aromatic heterocycles. The molecule has 2 heterocycles. The van der Waals surface area contributed by atoms with Gasteiger partial charge in [0, 0.05) is 16.5 Å². The number of aromatic nitrogens is 2. The Morgan fingerprint density at radius 1 is 1.27 bits per heavy atom. The van der Waals surface area contributed by atoms with Gasteiger partial charge in [0.2, 0.25) is 5.89 Å². The second-order valence-electron chi connectivity index (χ2n) is 4.26. The van der Waals surface area contributed by atoms with Crippen LogP contribution in [0.2, 0.25) is 0 Å². The number of hydrogen-bond donors (Lipinski definition) is 1. The number of anilines is 1. The topological polar surface area (TPSA) is 68.0 Å². The molecule has 0 unspecified atom stereocenters. The minimum atomic E-state index is -0.403. The molecule has 1 aromatic carbocycles. The van der Waals surface area contributed by atoms with E-state index >= 15 is 0 Å². The third-order valence-corrected chi connectivity index (χ3v) is 3.51. The lowest BCUT2D eigenvalue weighted by molar-refractivity contribution is -0.112. The maximum absolute atomic E-state index is 13.1. The fraction of sp³-hybridized carbons (Fsp3) is 0. The molecule has 3 rings (SSSR count). The Balaban J connectivity index is 1.68. The number of nitrogens with one attached hydrogen (secondary N) is 1. The number of halogens is 1. The SMILES string of the molecule is O=C(C=Cc1cccs1)Nc1nnc(-c2cccc(F)c2)o1. The van der Waals surface area contributed by atoms with E-state index in [1.165, 1.54) is 35.6 Å². The summed E-state index contributed by atoms with van der Waals surface area (Å²) in [6.45, 7) is 0. The van der Waals surface area contributed by atoms with E-state index in [2.05, 4.69) is 15.5 Å². The molecule has 0 aliphatic carbocycles. The lowest BCUT2D eigenvalue weighted by atomic mass is 10.2. The molecular weight excluding hydrogens is 305 g/mol. The Kier molecular flexibility index (Phi) is 4.06. The summed E-state index contributed by atoms with van der Waals surface area (Å²) in [6, 6.07) is 9.51. The van der Waals surface area contributed by atoms with Gasteiger partial charge in [-0.3, -0.25) is 10.1 Å². The maximum Gasteiger partial charge on any atom is 0.322 e. The molecule has 7 heteroatoms. The van der Waals surface area contributed by atoms with Gasteiger partial charge in [0.15, 0.2) is 0 Å². The van der Waals surface area contributed by atoms with Crippen LogP contribution < -0.4 is 5.32 Å². The molecule has 0 aliphatic heterocycles. The van der Waals surface area contributed by atoms with E-state index in [0.717, 1.165) is 4.88 Å². The van der Waals surface area contributed by atoms with Gasteiger partial charge in [-0.05, 0) is 35.7 Å². The molecule has 0 bridgehead atoms. The van der Waals surface area contributed by atoms with Crippen LogP contribution in [-0.2, 0) is 4.79 Å². The predicted molar refractivity (Wildman–Crippen MR) is 81.7 cm³/mol. The van der Waals surface area contributed by atoms with Gasteiger partial charge in [-0.2, -0.15) is 0 Å². The standard InChI is InChI=1S/C15H10FN3O2S/c16-11-4-1-3-10(9-11)14-18-19-15(21-14)17-13(20)7-6-12-5-2-8-22-12/h1-9H,(H,17,19,20). The smallest absolute Gasteiger partial charge is 0.322 e. The Hall–Kier alpha value is -2.80. The fourth-order valence-electron chi connectivity index (χ4n) is 1.70. The highest BCUT2D eigenvalue weighted by Gasteiger charge is 2.10. The molecule has 22 heavy (non-hydrogen) atoms. The second kappa shape index (κ2) is 6.31. The molecule has 110 valence electrons. The van der Waals surface area contributed by atoms with E-state index in [0.29, 0.717) is 5.56 Å². The molecule has 1 N–H and O–H groups in total. The van der Waals surface area contributed by atoms with Gasteiger partial charge in [0.25, 0.3) is 5.91 Å². The monoisotopic (exact) mass is 315 g/mol. The Morgan fingerprint density at radius 2 is 2.18 bits per heavy atom. The predicted octanol–water partition coefficient (Wildman–Crippen LogP) is 3.59. The minimum Gasteiger partial charge on any atom is -0.403 e. The number of carbonyl (C=O) groups excluding carboxylic acids is 1. The van der Waals surface area contributed by atoms with E-state index < -0.39 is 5.82 Å². The van der Waals surface area contributed by atoms with E-state index in [1.54, 1.807) is 12.1 Å². The lowest BCUT2D eigenvalue weighted by Crippen LogP contribution is -2.07. The van der Waals surface area contributed by atoms with E-state index in [-0.39, 0.29) is 17.8 Å². The van der Waals surface area contributed by atoms with Crippen LogP contribution in [0.5, 0.6) is 0 Å². The van der Waals surface area contributed by atoms with Crippen LogP contribution in [-0.4, -0.2) is 16.1 Å². The molecule has 0 atom stereocenters. The summed E-state index contributed by atoms with van der Waals surface area (Å²) in [7, 11) is 0. The van der Waals surface area contributed by atoms with Crippen molar-refractivity contribution in [3.63, 3.8) is 0 Å². The second-order valence-corrected chi connectivity index (χ2v) is 5.24. The van der Waals surface area contributed by atoms with Crippen molar-refractivity contribution in [2.24, 2.45) is 0 Å². The lowest BCUT2D eigenvalue weighted by Gasteiger charge is -1.95. The third kappa shape index (κ3) is 3.44. The summed E-state index contributed by atoms with van der Waals surface area (Å²) in [5.74, 6) is -0.653. The molecule has 1 amide bonds. The molecule has 5 nitrogen and oxygen atoms in total. The van der Waals surface area contributed by atoms with Crippen LogP contribution in [0.4, 0.5) is 10.4 Å². The van der Waals surface area contributed by atoms with Gasteiger partial charge in [0.1, 0.15) is 5.82 Å². The third-order valence-electron chi connectivity index (χ3n) is 2.67. The molecule has 3 aromatic rings. The molecule has 0 saturated heterocycles. The van der Waals surface area contributed by atoms with Crippen LogP contribution in [0.1, 0.15) is 4.88 Å². The number of amides is 1. The van der Waals surface area contributed by atoms with Gasteiger partial charge < -0.3 is 4.42 Å². The van der Waals surface area contributed by atoms with Crippen molar-refractivity contribution < 1.29 is 13.6 Å². The highest BCUT2D eigenvalue weighted by atomic mass is 32.1. The molecule has 0 aliphatic rings. The highest BCUT2D eigenvalue weighted by molar-refractivity contribution is 7.10. The quantitative estimate of drug-likeness (QED) is 0.747. The zero-order chi connectivity index (χ0) is 15.4. The van der Waals surface area contributed by atoms with Gasteiger partial charge in [0.05, 0.1) is 0 Å². The van der Waals surface area contributed by atoms with Gasteiger partial charge >= 0.3 is 6.01 Å². The first-order valence-corrected chi connectivity index (χ1v) is 7.21. The minimum absolute atomic E-state index is 0.0416. The first kappa shape index (κ1) is 14.2. The van der Waals surface area contributed by atoms with Crippen molar-refractivity contribution in [2.75, 3.05) is 5.32 Å². The summed E-state index contributed by atoms with van der Waals surface area (Å²) in [5, 5.41) is 11.8. The normalized spacial score (nSPS) is 11.0. The number of hydrogen-bond acceptors (Lipinski definition) is 5. The summed E-state index contributed by atoms with van der Waals surface area (Å²) in [5.41, 5.74) is 0.446. The van der Waals surface area contributed by atoms with Crippen molar-refractivity contribution in [3.8, 4) is 11.5 Å². The maximum atomic E-state index is 13.1. The van der Waals surface area contributed by atoms with Crippen LogP contribution in [0.3, 0.4) is 0 Å².